The number of ether oxygens (including phenoxy) is 10. The van der Waals surface area contributed by atoms with E-state index in [1.54, 1.807) is 6.08 Å². The fourth-order valence-electron chi connectivity index (χ4n) is 17.0. The highest BCUT2D eigenvalue weighted by Gasteiger charge is 2.64. The van der Waals surface area contributed by atoms with Crippen LogP contribution in [-0.4, -0.2) is 366 Å². The fraction of sp³-hybridized carbons (Fsp3) is 0.895. The summed E-state index contributed by atoms with van der Waals surface area (Å²) < 4.78 is 58.3. The van der Waals surface area contributed by atoms with Gasteiger partial charge >= 0.3 is 17.9 Å². The number of hydrogen-bond acceptors (Lipinski definition) is 34. The van der Waals surface area contributed by atoms with Crippen molar-refractivity contribution in [2.24, 2.45) is 0 Å². The molecule has 5 saturated heterocycles. The molecule has 3 unspecified atom stereocenters. The zero-order valence-electron chi connectivity index (χ0n) is 74.3. The Morgan fingerprint density at radius 2 is 0.787 bits per heavy atom. The van der Waals surface area contributed by atoms with Gasteiger partial charge in [0.15, 0.2) is 12.6 Å². The van der Waals surface area contributed by atoms with Gasteiger partial charge in [-0.3, -0.25) is 19.2 Å². The van der Waals surface area contributed by atoms with Crippen molar-refractivity contribution in [3.05, 3.63) is 12.2 Å². The van der Waals surface area contributed by atoms with Crippen molar-refractivity contribution in [1.29, 1.82) is 0 Å². The van der Waals surface area contributed by atoms with Crippen LogP contribution >= 0.6 is 0 Å². The van der Waals surface area contributed by atoms with Gasteiger partial charge in [-0.2, -0.15) is 0 Å². The molecule has 0 aliphatic carbocycles. The highest BCUT2D eigenvalue weighted by Crippen LogP contribution is 2.43. The van der Waals surface area contributed by atoms with E-state index in [1.165, 1.54) is 134 Å². The molecule has 5 rings (SSSR count). The van der Waals surface area contributed by atoms with Crippen LogP contribution in [0.25, 0.3) is 0 Å². The zero-order valence-corrected chi connectivity index (χ0v) is 74.3. The molecule has 0 radical (unpaired) electrons. The number of amides is 4. The molecule has 738 valence electrons. The molecule has 0 bridgehead atoms. The maximum atomic E-state index is 13.8. The molecule has 5 aliphatic heterocycles. The summed E-state index contributed by atoms with van der Waals surface area (Å²) in [5, 5.41) is 235. The molecule has 41 nitrogen and oxygen atoms in total. The minimum Gasteiger partial charge on any atom is -0.477 e. The molecule has 5 fully saturated rings. The number of carboxylic acids is 3. The number of carbonyl (C=O) groups excluding carboxylic acids is 4. The minimum absolute atomic E-state index is 0.123. The Bertz CT molecular complexity index is 3190. The first-order valence-electron chi connectivity index (χ1n) is 45.8. The van der Waals surface area contributed by atoms with E-state index in [2.05, 4.69) is 35.1 Å². The summed E-state index contributed by atoms with van der Waals surface area (Å²) in [7, 11) is 0. The first kappa shape index (κ1) is 112. The second-order valence-corrected chi connectivity index (χ2v) is 34.6. The van der Waals surface area contributed by atoms with Crippen LogP contribution in [0.5, 0.6) is 0 Å². The highest BCUT2D eigenvalue weighted by atomic mass is 16.8. The first-order chi connectivity index (χ1) is 60.5. The lowest BCUT2D eigenvalue weighted by Crippen LogP contribution is -2.72. The smallest absolute Gasteiger partial charge is 0.364 e. The first-order valence-corrected chi connectivity index (χ1v) is 45.8. The summed E-state index contributed by atoms with van der Waals surface area (Å²) in [6.07, 6.45) is -15.6. The van der Waals surface area contributed by atoms with Gasteiger partial charge in [-0.25, -0.2) is 14.4 Å². The average molecular weight is 1830 g/mol. The topological polar surface area (TPSA) is 665 Å². The maximum Gasteiger partial charge on any atom is 0.364 e. The summed E-state index contributed by atoms with van der Waals surface area (Å²) in [5.41, 5.74) is 0. The standard InChI is InChI=1S/C86H152N4O37/c1-6-8-10-12-14-16-18-20-21-22-23-24-25-26-28-30-32-34-36-38-40-63(104)90-53(54(99)39-37-35-33-31-29-27-19-17-15-13-11-9-7-2)49-118-79-72(110)71(109)74(62(48-95)120-79)121-80-73(111)78(68(106)59(45-92)119-80)127-86(83(116)117)43-57(102)66(89-52(5)98)77(126-86)70(108)61(47-94)123-85(82(114)115)42-56(101)65(88-51(4)97)76(125-85)69(107)60(46-93)122-84(81(112)113)41-55(100)64(87-50(3)96)75(124-84)67(105)58(103)44-91/h37,39,53-62,64-80,91-95,99-103,105-111H,6-36,38,40-49H2,1-5H3,(H,87,96)(H,88,97)(H,89,98)(H,90,104)(H,112,113)(H,114,115)(H,116,117)/t53-,54+,55-,56-,57-,58+,59+,60+,61+,62+,64+,65+,66+,67+,68-,69+,70+,71+,72+,73+,74+,75?,76?,77?,78-,79+,80-,84+,85+,86-/m0/s1. The molecule has 0 aromatic carbocycles. The average Bonchev–Trinajstić information content (AvgIpc) is 0.745. The molecule has 0 aromatic heterocycles. The highest BCUT2D eigenvalue weighted by molar-refractivity contribution is 5.79. The van der Waals surface area contributed by atoms with Crippen molar-refractivity contribution < 1.29 is 183 Å². The van der Waals surface area contributed by atoms with Crippen LogP contribution in [0.4, 0.5) is 0 Å². The number of allylic oxidation sites excluding steroid dienone is 1. The molecule has 5 heterocycles. The number of hydrogen-bond donors (Lipinski definition) is 24. The monoisotopic (exact) mass is 1830 g/mol. The van der Waals surface area contributed by atoms with Gasteiger partial charge in [0.1, 0.15) is 104 Å². The van der Waals surface area contributed by atoms with Crippen molar-refractivity contribution in [2.45, 2.75) is 448 Å². The summed E-state index contributed by atoms with van der Waals surface area (Å²) in [5.74, 6) is -20.6. The van der Waals surface area contributed by atoms with E-state index in [0.717, 1.165) is 85.0 Å². The summed E-state index contributed by atoms with van der Waals surface area (Å²) in [4.78, 5) is 92.3. The van der Waals surface area contributed by atoms with E-state index in [0.29, 0.717) is 12.8 Å². The molecule has 0 aromatic rings. The third-order valence-corrected chi connectivity index (χ3v) is 24.2. The number of rotatable bonds is 64. The van der Waals surface area contributed by atoms with E-state index < -0.39 is 283 Å². The van der Waals surface area contributed by atoms with Gasteiger partial charge in [0.05, 0.1) is 88.2 Å². The third-order valence-electron chi connectivity index (χ3n) is 24.2. The van der Waals surface area contributed by atoms with Crippen molar-refractivity contribution in [3.8, 4) is 0 Å². The second kappa shape index (κ2) is 58.2. The molecule has 24 N–H and O–H groups in total. The van der Waals surface area contributed by atoms with Gasteiger partial charge in [-0.1, -0.05) is 212 Å². The van der Waals surface area contributed by atoms with Crippen LogP contribution in [0.15, 0.2) is 12.2 Å². The predicted octanol–water partition coefficient (Wildman–Crippen LogP) is -0.537. The normalized spacial score (nSPS) is 31.9. The number of nitrogens with one attached hydrogen (secondary N) is 4. The lowest BCUT2D eigenvalue weighted by Gasteiger charge is -2.51. The Hall–Kier alpha value is -5.05. The van der Waals surface area contributed by atoms with Gasteiger partial charge in [-0.05, 0) is 19.3 Å². The molecule has 41 heteroatoms. The van der Waals surface area contributed by atoms with Gasteiger partial charge in [0.25, 0.3) is 17.4 Å². The van der Waals surface area contributed by atoms with Crippen LogP contribution in [0.2, 0.25) is 0 Å². The lowest BCUT2D eigenvalue weighted by molar-refractivity contribution is -0.388. The Labute approximate surface area is 742 Å². The SMILES string of the molecule is CCCCCCCCCCCCCC=C[C@@H](O)[C@H](CO[C@@H]1O[C@H](CO)[C@@H](O[C@@H]2O[C@H](CO)[C@H](O)[C@H](O[C@]3(C(=O)O)C[C@H](O)[C@@H](NC(C)=O)C([C@H](O)[C@@H](CO)O[C@]4(C(=O)O)C[C@H](O)[C@@H](NC(C)=O)C([C@H](O)[C@@H](CO)O[C@]5(C(=O)O)C[C@H](O)[C@@H](NC(C)=O)C([C@H](O)[C@H](O)CO)O5)O4)O3)[C@H]2O)[C@H](O)[C@H]1O)NC(=O)CCCCCCCCCCCCCCCCCCCCCC. The van der Waals surface area contributed by atoms with E-state index in [-0.39, 0.29) is 6.42 Å². The number of unbranched alkanes of at least 4 members (excludes halogenated alkanes) is 30. The van der Waals surface area contributed by atoms with Crippen LogP contribution in [0, 0.1) is 0 Å². The van der Waals surface area contributed by atoms with Gasteiger partial charge in [0.2, 0.25) is 23.6 Å². The molecule has 4 amide bonds. The molecule has 127 heavy (non-hydrogen) atoms. The number of carboxylic acid groups (broad SMARTS) is 3. The second-order valence-electron chi connectivity index (χ2n) is 34.6. The van der Waals surface area contributed by atoms with Crippen molar-refractivity contribution >= 4 is 41.5 Å². The molecule has 0 spiro atoms. The Balaban J connectivity index is 1.32. The predicted molar refractivity (Wildman–Crippen MR) is 447 cm³/mol. The summed E-state index contributed by atoms with van der Waals surface area (Å²) in [6.45, 7) is -0.0497. The Kier molecular flexibility index (Phi) is 51.5. The van der Waals surface area contributed by atoms with Crippen molar-refractivity contribution in [1.82, 2.24) is 21.3 Å². The van der Waals surface area contributed by atoms with Crippen LogP contribution in [-0.2, 0) is 80.9 Å². The molecular weight excluding hydrogens is 1680 g/mol. The maximum absolute atomic E-state index is 13.8. The number of aliphatic carboxylic acids is 3. The lowest BCUT2D eigenvalue weighted by atomic mass is 9.86. The summed E-state index contributed by atoms with van der Waals surface area (Å²) >= 11 is 0. The zero-order chi connectivity index (χ0) is 94.1. The van der Waals surface area contributed by atoms with Gasteiger partial charge < -0.3 is 171 Å². The van der Waals surface area contributed by atoms with Crippen LogP contribution in [0.1, 0.15) is 266 Å². The van der Waals surface area contributed by atoms with Crippen molar-refractivity contribution in [3.63, 3.8) is 0 Å². The van der Waals surface area contributed by atoms with Crippen LogP contribution in [0.3, 0.4) is 0 Å². The van der Waals surface area contributed by atoms with E-state index >= 15 is 0 Å². The fourth-order valence-corrected chi connectivity index (χ4v) is 17.0. The Morgan fingerprint density at radius 1 is 0.425 bits per heavy atom. The van der Waals surface area contributed by atoms with E-state index in [4.69, 9.17) is 47.4 Å². The number of aliphatic hydroxyl groups is 17. The minimum atomic E-state index is -3.58. The molecule has 0 saturated carbocycles. The van der Waals surface area contributed by atoms with Gasteiger partial charge in [-0.15, -0.1) is 0 Å². The summed E-state index contributed by atoms with van der Waals surface area (Å²) in [6, 6.07) is -7.03. The quantitative estimate of drug-likeness (QED) is 0.0269. The molecule has 5 aliphatic rings. The third kappa shape index (κ3) is 34.7. The Morgan fingerprint density at radius 3 is 1.16 bits per heavy atom. The van der Waals surface area contributed by atoms with E-state index in [1.807, 2.05) is 0 Å². The van der Waals surface area contributed by atoms with Gasteiger partial charge in [0, 0.05) is 46.5 Å². The molecular formula is C86H152N4O37. The number of aliphatic hydroxyl groups excluding tert-OH is 17. The van der Waals surface area contributed by atoms with Crippen molar-refractivity contribution in [2.75, 3.05) is 39.6 Å². The molecule has 30 atom stereocenters. The largest absolute Gasteiger partial charge is 0.477 e. The van der Waals surface area contributed by atoms with E-state index in [9.17, 15) is 136 Å². The van der Waals surface area contributed by atoms with Crippen LogP contribution < -0.4 is 21.3 Å². The number of carbonyl (C=O) groups is 7.